The lowest BCUT2D eigenvalue weighted by Gasteiger charge is -2.24. The molecule has 0 radical (unpaired) electrons. The summed E-state index contributed by atoms with van der Waals surface area (Å²) in [5.41, 5.74) is -0.752. The Balaban J connectivity index is 2.13. The average Bonchev–Trinajstić information content (AvgIpc) is 2.58. The van der Waals surface area contributed by atoms with E-state index in [0.717, 1.165) is 19.0 Å². The molecule has 1 aliphatic rings. The lowest BCUT2D eigenvalue weighted by Crippen LogP contribution is -2.20. The molecule has 0 bridgehead atoms. The lowest BCUT2D eigenvalue weighted by atomic mass is 9.89. The highest BCUT2D eigenvalue weighted by atomic mass is 19.4. The first-order valence-corrected chi connectivity index (χ1v) is 5.99. The first-order chi connectivity index (χ1) is 7.86. The maximum absolute atomic E-state index is 12.5. The highest BCUT2D eigenvalue weighted by Crippen LogP contribution is 2.32. The molecule has 2 rings (SSSR count). The molecule has 1 aromatic rings. The second-order valence-corrected chi connectivity index (χ2v) is 5.22. The molecule has 0 aliphatic carbocycles. The highest BCUT2D eigenvalue weighted by molar-refractivity contribution is 5.10. The van der Waals surface area contributed by atoms with Gasteiger partial charge in [-0.15, -0.1) is 0 Å². The Kier molecular flexibility index (Phi) is 3.19. The van der Waals surface area contributed by atoms with Crippen molar-refractivity contribution >= 4 is 0 Å². The van der Waals surface area contributed by atoms with Crippen molar-refractivity contribution in [2.24, 2.45) is 11.8 Å². The van der Waals surface area contributed by atoms with Gasteiger partial charge in [-0.3, -0.25) is 0 Å². The van der Waals surface area contributed by atoms with Crippen LogP contribution in [-0.4, -0.2) is 9.55 Å². The van der Waals surface area contributed by atoms with Gasteiger partial charge in [0, 0.05) is 19.2 Å². The normalized spacial score (nSPS) is 20.7. The van der Waals surface area contributed by atoms with Crippen LogP contribution in [0.2, 0.25) is 0 Å². The zero-order chi connectivity index (χ0) is 12.6. The van der Waals surface area contributed by atoms with Crippen molar-refractivity contribution in [3.63, 3.8) is 0 Å². The molecule has 2 nitrogen and oxygen atoms in total. The Labute approximate surface area is 98.8 Å². The van der Waals surface area contributed by atoms with Crippen LogP contribution in [0.3, 0.4) is 0 Å². The van der Waals surface area contributed by atoms with Crippen molar-refractivity contribution < 1.29 is 13.2 Å². The number of hydrogen-bond donors (Lipinski definition) is 0. The minimum absolute atomic E-state index is 0.478. The Morgan fingerprint density at radius 1 is 1.47 bits per heavy atom. The Morgan fingerprint density at radius 3 is 2.76 bits per heavy atom. The SMILES string of the molecule is CC(C)CC1CCn2cc(C(F)(F)F)nc2C1. The van der Waals surface area contributed by atoms with Crippen LogP contribution >= 0.6 is 0 Å². The zero-order valence-corrected chi connectivity index (χ0v) is 10.1. The van der Waals surface area contributed by atoms with E-state index in [4.69, 9.17) is 0 Å². The first-order valence-electron chi connectivity index (χ1n) is 5.99. The molecular formula is C12H17F3N2. The summed E-state index contributed by atoms with van der Waals surface area (Å²) in [6.45, 7) is 4.94. The number of rotatable bonds is 2. The molecule has 0 aromatic carbocycles. The van der Waals surface area contributed by atoms with Crippen LogP contribution in [0.5, 0.6) is 0 Å². The number of hydrogen-bond acceptors (Lipinski definition) is 1. The smallest absolute Gasteiger partial charge is 0.334 e. The Hall–Kier alpha value is -1.00. The lowest BCUT2D eigenvalue weighted by molar-refractivity contribution is -0.141. The van der Waals surface area contributed by atoms with Gasteiger partial charge in [-0.1, -0.05) is 13.8 Å². The van der Waals surface area contributed by atoms with E-state index >= 15 is 0 Å². The van der Waals surface area contributed by atoms with E-state index in [1.165, 1.54) is 0 Å². The monoisotopic (exact) mass is 246 g/mol. The van der Waals surface area contributed by atoms with Crippen molar-refractivity contribution in [3.05, 3.63) is 17.7 Å². The molecule has 17 heavy (non-hydrogen) atoms. The van der Waals surface area contributed by atoms with Crippen molar-refractivity contribution in [1.82, 2.24) is 9.55 Å². The summed E-state index contributed by atoms with van der Waals surface area (Å²) >= 11 is 0. The molecule has 1 atom stereocenters. The molecule has 0 spiro atoms. The molecule has 0 fully saturated rings. The summed E-state index contributed by atoms with van der Waals surface area (Å²) < 4.78 is 39.2. The van der Waals surface area contributed by atoms with Crippen LogP contribution in [0, 0.1) is 11.8 Å². The zero-order valence-electron chi connectivity index (χ0n) is 10.1. The summed E-state index contributed by atoms with van der Waals surface area (Å²) in [5, 5.41) is 0. The van der Waals surface area contributed by atoms with Gasteiger partial charge in [-0.2, -0.15) is 13.2 Å². The Morgan fingerprint density at radius 2 is 2.18 bits per heavy atom. The maximum atomic E-state index is 12.5. The van der Waals surface area contributed by atoms with Crippen LogP contribution in [-0.2, 0) is 19.1 Å². The second-order valence-electron chi connectivity index (χ2n) is 5.22. The highest BCUT2D eigenvalue weighted by Gasteiger charge is 2.35. The van der Waals surface area contributed by atoms with Gasteiger partial charge in [0.2, 0.25) is 0 Å². The minimum atomic E-state index is -4.32. The van der Waals surface area contributed by atoms with Crippen LogP contribution in [0.15, 0.2) is 6.20 Å². The van der Waals surface area contributed by atoms with E-state index < -0.39 is 11.9 Å². The fraction of sp³-hybridized carbons (Fsp3) is 0.750. The van der Waals surface area contributed by atoms with Crippen LogP contribution < -0.4 is 0 Å². The van der Waals surface area contributed by atoms with Gasteiger partial charge in [0.05, 0.1) is 0 Å². The summed E-state index contributed by atoms with van der Waals surface area (Å²) in [6.07, 6.45) is -0.486. The number of alkyl halides is 3. The molecule has 0 N–H and O–H groups in total. The number of nitrogens with zero attached hydrogens (tertiary/aromatic N) is 2. The maximum Gasteiger partial charge on any atom is 0.434 e. The number of aryl methyl sites for hydroxylation is 1. The van der Waals surface area contributed by atoms with Gasteiger partial charge in [-0.05, 0) is 24.7 Å². The fourth-order valence-corrected chi connectivity index (χ4v) is 2.50. The summed E-state index contributed by atoms with van der Waals surface area (Å²) in [7, 11) is 0. The topological polar surface area (TPSA) is 17.8 Å². The Bertz CT molecular complexity index is 393. The van der Waals surface area contributed by atoms with Crippen LogP contribution in [0.4, 0.5) is 13.2 Å². The number of aromatic nitrogens is 2. The van der Waals surface area contributed by atoms with E-state index in [1.54, 1.807) is 4.57 Å². The molecule has 0 saturated heterocycles. The minimum Gasteiger partial charge on any atom is -0.334 e. The molecule has 0 saturated carbocycles. The second kappa shape index (κ2) is 4.35. The predicted octanol–water partition coefficient (Wildman–Crippen LogP) is 3.51. The van der Waals surface area contributed by atoms with E-state index in [2.05, 4.69) is 18.8 Å². The first kappa shape index (κ1) is 12.5. The molecule has 96 valence electrons. The third kappa shape index (κ3) is 2.82. The van der Waals surface area contributed by atoms with Gasteiger partial charge >= 0.3 is 6.18 Å². The molecule has 1 aliphatic heterocycles. The van der Waals surface area contributed by atoms with Crippen LogP contribution in [0.25, 0.3) is 0 Å². The van der Waals surface area contributed by atoms with Crippen molar-refractivity contribution in [2.75, 3.05) is 0 Å². The average molecular weight is 246 g/mol. The number of fused-ring (bicyclic) bond motifs is 1. The van der Waals surface area contributed by atoms with Crippen LogP contribution in [0.1, 0.15) is 38.2 Å². The van der Waals surface area contributed by atoms with E-state index in [-0.39, 0.29) is 0 Å². The fourth-order valence-electron chi connectivity index (χ4n) is 2.50. The molecule has 5 heteroatoms. The van der Waals surface area contributed by atoms with Gasteiger partial charge < -0.3 is 4.57 Å². The van der Waals surface area contributed by atoms with Gasteiger partial charge in [-0.25, -0.2) is 4.98 Å². The molecule has 1 aromatic heterocycles. The predicted molar refractivity (Wildman–Crippen MR) is 58.5 cm³/mol. The van der Waals surface area contributed by atoms with Gasteiger partial charge in [0.1, 0.15) is 5.82 Å². The van der Waals surface area contributed by atoms with Gasteiger partial charge in [0.25, 0.3) is 0 Å². The summed E-state index contributed by atoms with van der Waals surface area (Å²) in [6, 6.07) is 0. The quantitative estimate of drug-likeness (QED) is 0.780. The third-order valence-corrected chi connectivity index (χ3v) is 3.20. The summed E-state index contributed by atoms with van der Waals surface area (Å²) in [5.74, 6) is 1.66. The van der Waals surface area contributed by atoms with E-state index in [0.29, 0.717) is 30.6 Å². The molecule has 2 heterocycles. The standard InChI is InChI=1S/C12H17F3N2/c1-8(2)5-9-3-4-17-7-10(12(13,14)15)16-11(17)6-9/h7-9H,3-6H2,1-2H3. The van der Waals surface area contributed by atoms with Gasteiger partial charge in [0.15, 0.2) is 5.69 Å². The van der Waals surface area contributed by atoms with E-state index in [9.17, 15) is 13.2 Å². The van der Waals surface area contributed by atoms with Crippen molar-refractivity contribution in [1.29, 1.82) is 0 Å². The number of halogens is 3. The molecule has 1 unspecified atom stereocenters. The third-order valence-electron chi connectivity index (χ3n) is 3.20. The summed E-state index contributed by atoms with van der Waals surface area (Å²) in [4.78, 5) is 3.72. The molecular weight excluding hydrogens is 229 g/mol. The largest absolute Gasteiger partial charge is 0.434 e. The van der Waals surface area contributed by atoms with Crippen molar-refractivity contribution in [2.45, 2.75) is 45.8 Å². The van der Waals surface area contributed by atoms with E-state index in [1.807, 2.05) is 0 Å². The number of imidazole rings is 1. The van der Waals surface area contributed by atoms with Crippen molar-refractivity contribution in [3.8, 4) is 0 Å². The molecule has 0 amide bonds.